The molecule has 120 valence electrons. The Labute approximate surface area is 151 Å². The van der Waals surface area contributed by atoms with Gasteiger partial charge in [0.25, 0.3) is 0 Å². The molecule has 1 aliphatic heterocycles. The molecule has 2 aromatic carbocycles. The van der Waals surface area contributed by atoms with Gasteiger partial charge in [-0.2, -0.15) is 0 Å². The molecule has 2 N–H and O–H groups in total. The zero-order chi connectivity index (χ0) is 16.2. The van der Waals surface area contributed by atoms with Crippen molar-refractivity contribution in [3.8, 4) is 0 Å². The lowest BCUT2D eigenvalue weighted by atomic mass is 9.88. The summed E-state index contributed by atoms with van der Waals surface area (Å²) < 4.78 is 1.03. The number of primary amides is 1. The minimum Gasteiger partial charge on any atom is -0.366 e. The number of carbonyl (C=O) groups is 1. The van der Waals surface area contributed by atoms with Gasteiger partial charge in [-0.15, -0.1) is 0 Å². The van der Waals surface area contributed by atoms with Gasteiger partial charge in [-0.3, -0.25) is 9.69 Å². The van der Waals surface area contributed by atoms with Crippen molar-refractivity contribution in [2.24, 2.45) is 5.73 Å². The summed E-state index contributed by atoms with van der Waals surface area (Å²) in [5.41, 5.74) is 8.77. The molecule has 0 spiro atoms. The first-order chi connectivity index (χ1) is 11.1. The van der Waals surface area contributed by atoms with Gasteiger partial charge in [-0.05, 0) is 71.6 Å². The Morgan fingerprint density at radius 3 is 2.43 bits per heavy atom. The van der Waals surface area contributed by atoms with Gasteiger partial charge >= 0.3 is 0 Å². The molecule has 1 heterocycles. The molecule has 0 atom stereocenters. The number of carbonyl (C=O) groups excluding carboxylic acids is 1. The van der Waals surface area contributed by atoms with Crippen LogP contribution in [-0.2, 0) is 6.54 Å². The number of hydrogen-bond donors (Lipinski definition) is 1. The van der Waals surface area contributed by atoms with Crippen molar-refractivity contribution in [1.29, 1.82) is 0 Å². The van der Waals surface area contributed by atoms with Crippen molar-refractivity contribution in [3.05, 3.63) is 68.8 Å². The van der Waals surface area contributed by atoms with E-state index >= 15 is 0 Å². The highest BCUT2D eigenvalue weighted by molar-refractivity contribution is 14.1. The fourth-order valence-corrected chi connectivity index (χ4v) is 4.36. The summed E-state index contributed by atoms with van der Waals surface area (Å²) in [5, 5.41) is 0. The quantitative estimate of drug-likeness (QED) is 0.766. The minimum atomic E-state index is -0.335. The Balaban J connectivity index is 1.65. The van der Waals surface area contributed by atoms with E-state index in [0.29, 0.717) is 11.5 Å². The number of likely N-dealkylation sites (tertiary alicyclic amines) is 1. The molecular formula is C19H21IN2O. The van der Waals surface area contributed by atoms with Gasteiger partial charge in [-0.1, -0.05) is 42.5 Å². The molecule has 0 bridgehead atoms. The molecule has 0 aromatic heterocycles. The summed E-state index contributed by atoms with van der Waals surface area (Å²) in [6.45, 7) is 3.21. The molecule has 4 heteroatoms. The Morgan fingerprint density at radius 1 is 1.09 bits per heavy atom. The highest BCUT2D eigenvalue weighted by Crippen LogP contribution is 2.32. The second-order valence-corrected chi connectivity index (χ2v) is 7.19. The third kappa shape index (κ3) is 3.93. The smallest absolute Gasteiger partial charge is 0.249 e. The molecule has 1 aliphatic rings. The summed E-state index contributed by atoms with van der Waals surface area (Å²) in [7, 11) is 0. The monoisotopic (exact) mass is 420 g/mol. The second-order valence-electron chi connectivity index (χ2n) is 6.11. The van der Waals surface area contributed by atoms with Gasteiger partial charge in [0.1, 0.15) is 0 Å². The van der Waals surface area contributed by atoms with E-state index in [0.717, 1.165) is 36.0 Å². The Hall–Kier alpha value is -1.40. The van der Waals surface area contributed by atoms with E-state index in [-0.39, 0.29) is 5.91 Å². The fraction of sp³-hybridized carbons (Fsp3) is 0.316. The number of nitrogens with two attached hydrogens (primary N) is 1. The molecule has 3 rings (SSSR count). The number of rotatable bonds is 4. The SMILES string of the molecule is NC(=O)c1cccc(C2CCN(Cc3ccccc3)CC2)c1I. The van der Waals surface area contributed by atoms with Gasteiger partial charge in [0.05, 0.1) is 5.56 Å². The summed E-state index contributed by atoms with van der Waals surface area (Å²) in [5.74, 6) is 0.186. The normalized spacial score (nSPS) is 16.4. The van der Waals surface area contributed by atoms with Crippen molar-refractivity contribution in [2.75, 3.05) is 13.1 Å². The molecule has 1 fully saturated rings. The predicted molar refractivity (Wildman–Crippen MR) is 101 cm³/mol. The van der Waals surface area contributed by atoms with E-state index in [2.05, 4.69) is 63.9 Å². The van der Waals surface area contributed by atoms with Crippen LogP contribution in [0.4, 0.5) is 0 Å². The van der Waals surface area contributed by atoms with E-state index in [9.17, 15) is 4.79 Å². The lowest BCUT2D eigenvalue weighted by molar-refractivity contribution is 0.0999. The summed E-state index contributed by atoms with van der Waals surface area (Å²) in [6.07, 6.45) is 2.26. The number of hydrogen-bond acceptors (Lipinski definition) is 2. The Bertz CT molecular complexity index is 679. The van der Waals surface area contributed by atoms with Gasteiger partial charge in [0.15, 0.2) is 0 Å². The number of benzene rings is 2. The lowest BCUT2D eigenvalue weighted by Crippen LogP contribution is -2.32. The van der Waals surface area contributed by atoms with Crippen LogP contribution in [0.5, 0.6) is 0 Å². The first-order valence-corrected chi connectivity index (χ1v) is 9.07. The van der Waals surface area contributed by atoms with Crippen LogP contribution in [0.2, 0.25) is 0 Å². The first kappa shape index (κ1) is 16.5. The topological polar surface area (TPSA) is 46.3 Å². The number of halogens is 1. The standard InChI is InChI=1S/C19H21IN2O/c20-18-16(7-4-8-17(18)19(21)23)15-9-11-22(12-10-15)13-14-5-2-1-3-6-14/h1-8,15H,9-13H2,(H2,21,23). The van der Waals surface area contributed by atoms with Crippen LogP contribution in [0.3, 0.4) is 0 Å². The van der Waals surface area contributed by atoms with Crippen LogP contribution in [0, 0.1) is 3.57 Å². The molecule has 0 saturated carbocycles. The van der Waals surface area contributed by atoms with Crippen molar-refractivity contribution in [3.63, 3.8) is 0 Å². The van der Waals surface area contributed by atoms with Crippen molar-refractivity contribution in [1.82, 2.24) is 4.90 Å². The zero-order valence-corrected chi connectivity index (χ0v) is 15.2. The lowest BCUT2D eigenvalue weighted by Gasteiger charge is -2.32. The van der Waals surface area contributed by atoms with Crippen molar-refractivity contribution in [2.45, 2.75) is 25.3 Å². The Kier molecular flexibility index (Phi) is 5.33. The molecule has 3 nitrogen and oxygen atoms in total. The molecule has 1 amide bonds. The fourth-order valence-electron chi connectivity index (χ4n) is 3.30. The summed E-state index contributed by atoms with van der Waals surface area (Å²) in [4.78, 5) is 14.0. The molecule has 1 saturated heterocycles. The molecular weight excluding hydrogens is 399 g/mol. The van der Waals surface area contributed by atoms with Crippen LogP contribution >= 0.6 is 22.6 Å². The largest absolute Gasteiger partial charge is 0.366 e. The summed E-state index contributed by atoms with van der Waals surface area (Å²) >= 11 is 2.27. The van der Waals surface area contributed by atoms with Crippen LogP contribution in [0.1, 0.15) is 40.2 Å². The molecule has 0 unspecified atom stereocenters. The van der Waals surface area contributed by atoms with Gasteiger partial charge in [0.2, 0.25) is 5.91 Å². The van der Waals surface area contributed by atoms with Crippen LogP contribution in [0.15, 0.2) is 48.5 Å². The average Bonchev–Trinajstić information content (AvgIpc) is 2.57. The molecule has 0 aliphatic carbocycles. The predicted octanol–water partition coefficient (Wildman–Crippen LogP) is 3.77. The maximum absolute atomic E-state index is 11.5. The maximum atomic E-state index is 11.5. The van der Waals surface area contributed by atoms with E-state index in [4.69, 9.17) is 5.73 Å². The minimum absolute atomic E-state index is 0.335. The molecule has 0 radical (unpaired) electrons. The van der Waals surface area contributed by atoms with Crippen molar-refractivity contribution < 1.29 is 4.79 Å². The van der Waals surface area contributed by atoms with Gasteiger partial charge in [0, 0.05) is 10.1 Å². The van der Waals surface area contributed by atoms with Gasteiger partial charge in [-0.25, -0.2) is 0 Å². The van der Waals surface area contributed by atoms with E-state index in [1.54, 1.807) is 0 Å². The number of nitrogens with zero attached hydrogens (tertiary/aromatic N) is 1. The third-order valence-corrected chi connectivity index (χ3v) is 5.77. The molecule has 2 aromatic rings. The van der Waals surface area contributed by atoms with E-state index in [1.807, 2.05) is 12.1 Å². The Morgan fingerprint density at radius 2 is 1.78 bits per heavy atom. The second kappa shape index (κ2) is 7.45. The highest BCUT2D eigenvalue weighted by atomic mass is 127. The first-order valence-electron chi connectivity index (χ1n) is 7.99. The maximum Gasteiger partial charge on any atom is 0.249 e. The summed E-state index contributed by atoms with van der Waals surface area (Å²) in [6, 6.07) is 16.5. The third-order valence-electron chi connectivity index (χ3n) is 4.57. The van der Waals surface area contributed by atoms with E-state index in [1.165, 1.54) is 11.1 Å². The van der Waals surface area contributed by atoms with Crippen LogP contribution in [-0.4, -0.2) is 23.9 Å². The zero-order valence-electron chi connectivity index (χ0n) is 13.0. The molecule has 23 heavy (non-hydrogen) atoms. The van der Waals surface area contributed by atoms with Gasteiger partial charge < -0.3 is 5.73 Å². The van der Waals surface area contributed by atoms with Crippen LogP contribution < -0.4 is 5.73 Å². The highest BCUT2D eigenvalue weighted by Gasteiger charge is 2.23. The van der Waals surface area contributed by atoms with Crippen molar-refractivity contribution >= 4 is 28.5 Å². The number of amides is 1. The van der Waals surface area contributed by atoms with E-state index < -0.39 is 0 Å². The van der Waals surface area contributed by atoms with Crippen LogP contribution in [0.25, 0.3) is 0 Å². The average molecular weight is 420 g/mol. The number of piperidine rings is 1.